The van der Waals surface area contributed by atoms with Gasteiger partial charge >= 0.3 is 0 Å². The van der Waals surface area contributed by atoms with Gasteiger partial charge in [0.25, 0.3) is 0 Å². The summed E-state index contributed by atoms with van der Waals surface area (Å²) >= 11 is 0. The van der Waals surface area contributed by atoms with Crippen LogP contribution in [0.2, 0.25) is 0 Å². The number of hydrogen-bond acceptors (Lipinski definition) is 2. The van der Waals surface area contributed by atoms with Crippen molar-refractivity contribution in [2.24, 2.45) is 11.8 Å². The molecule has 0 saturated heterocycles. The lowest BCUT2D eigenvalue weighted by molar-refractivity contribution is -0.123. The van der Waals surface area contributed by atoms with Gasteiger partial charge < -0.3 is 11.1 Å². The van der Waals surface area contributed by atoms with Gasteiger partial charge in [-0.1, -0.05) is 60.6 Å². The number of nitrogens with one attached hydrogen (secondary N) is 1. The van der Waals surface area contributed by atoms with Crippen LogP contribution in [0.1, 0.15) is 60.5 Å². The van der Waals surface area contributed by atoms with Gasteiger partial charge in [-0.15, -0.1) is 0 Å². The molecule has 0 saturated carbocycles. The molecule has 0 aromatic heterocycles. The van der Waals surface area contributed by atoms with Gasteiger partial charge in [0.15, 0.2) is 0 Å². The number of anilines is 1. The average molecular weight is 309 g/mol. The molecule has 22 heavy (non-hydrogen) atoms. The van der Waals surface area contributed by atoms with Crippen LogP contribution in [-0.4, -0.2) is 12.5 Å². The van der Waals surface area contributed by atoms with E-state index >= 15 is 0 Å². The minimum Gasteiger partial charge on any atom is -0.399 e. The fourth-order valence-corrected chi connectivity index (χ4v) is 1.72. The third-order valence-corrected chi connectivity index (χ3v) is 2.98. The molecule has 3 N–H and O–H groups in total. The third-order valence-electron chi connectivity index (χ3n) is 2.98. The van der Waals surface area contributed by atoms with E-state index in [1.54, 1.807) is 0 Å². The quantitative estimate of drug-likeness (QED) is 0.593. The molecule has 0 bridgehead atoms. The van der Waals surface area contributed by atoms with Gasteiger partial charge in [-0.25, -0.2) is 0 Å². The van der Waals surface area contributed by atoms with Gasteiger partial charge in [0, 0.05) is 18.2 Å². The standard InChI is InChI=1S/C10H15N.C8H17NO.CH4/c1-8(2)7-9-3-5-10(11)6-4-9;1-4-5-6-9-8(10)7(2)3;/h3-6,8H,7,11H2,1-2H3;7H,4-6H2,1-3H3,(H,9,10);1H4. The molecule has 3 heteroatoms. The van der Waals surface area contributed by atoms with Gasteiger partial charge in [0.05, 0.1) is 0 Å². The number of carbonyl (C=O) groups is 1. The topological polar surface area (TPSA) is 55.1 Å². The van der Waals surface area contributed by atoms with Gasteiger partial charge in [0.2, 0.25) is 5.91 Å². The predicted octanol–water partition coefficient (Wildman–Crippen LogP) is 4.66. The Hall–Kier alpha value is -1.51. The van der Waals surface area contributed by atoms with E-state index in [-0.39, 0.29) is 19.3 Å². The van der Waals surface area contributed by atoms with Crippen molar-refractivity contribution in [2.75, 3.05) is 12.3 Å². The van der Waals surface area contributed by atoms with Crippen LogP contribution in [0.15, 0.2) is 24.3 Å². The Labute approximate surface area is 137 Å². The number of rotatable bonds is 6. The van der Waals surface area contributed by atoms with E-state index in [1.165, 1.54) is 5.56 Å². The Morgan fingerprint density at radius 2 is 1.68 bits per heavy atom. The van der Waals surface area contributed by atoms with Crippen molar-refractivity contribution in [1.82, 2.24) is 5.32 Å². The molecule has 3 nitrogen and oxygen atoms in total. The minimum absolute atomic E-state index is 0. The summed E-state index contributed by atoms with van der Waals surface area (Å²) in [6.07, 6.45) is 3.36. The molecule has 1 amide bonds. The summed E-state index contributed by atoms with van der Waals surface area (Å²) in [6, 6.07) is 8.10. The van der Waals surface area contributed by atoms with Crippen molar-refractivity contribution < 1.29 is 4.79 Å². The van der Waals surface area contributed by atoms with Crippen LogP contribution in [0.25, 0.3) is 0 Å². The lowest BCUT2D eigenvalue weighted by atomic mass is 10.0. The SMILES string of the molecule is C.CC(C)Cc1ccc(N)cc1.CCCCNC(=O)C(C)C. The minimum atomic E-state index is 0. The number of carbonyl (C=O) groups excluding carboxylic acids is 1. The van der Waals surface area contributed by atoms with E-state index in [9.17, 15) is 4.79 Å². The summed E-state index contributed by atoms with van der Waals surface area (Å²) in [5.41, 5.74) is 7.77. The van der Waals surface area contributed by atoms with Gasteiger partial charge in [0.1, 0.15) is 0 Å². The maximum absolute atomic E-state index is 10.9. The molecule has 1 aromatic carbocycles. The Morgan fingerprint density at radius 1 is 1.14 bits per heavy atom. The Morgan fingerprint density at radius 3 is 2.09 bits per heavy atom. The largest absolute Gasteiger partial charge is 0.399 e. The van der Waals surface area contributed by atoms with Gasteiger partial charge in [-0.2, -0.15) is 0 Å². The van der Waals surface area contributed by atoms with Crippen molar-refractivity contribution in [2.45, 2.75) is 61.3 Å². The first kappa shape index (κ1) is 22.8. The normalized spacial score (nSPS) is 9.77. The zero-order valence-electron chi connectivity index (χ0n) is 14.3. The summed E-state index contributed by atoms with van der Waals surface area (Å²) in [5, 5.41) is 2.84. The summed E-state index contributed by atoms with van der Waals surface area (Å²) in [7, 11) is 0. The second-order valence-electron chi connectivity index (χ2n) is 6.14. The zero-order chi connectivity index (χ0) is 16.3. The van der Waals surface area contributed by atoms with Crippen LogP contribution < -0.4 is 11.1 Å². The number of amides is 1. The van der Waals surface area contributed by atoms with E-state index in [0.717, 1.165) is 37.4 Å². The van der Waals surface area contributed by atoms with Crippen molar-refractivity contribution >= 4 is 11.6 Å². The van der Waals surface area contributed by atoms with Crippen molar-refractivity contribution in [3.63, 3.8) is 0 Å². The van der Waals surface area contributed by atoms with Crippen LogP contribution in [0.5, 0.6) is 0 Å². The third kappa shape index (κ3) is 12.2. The molecular formula is C19H36N2O. The Bertz CT molecular complexity index is 383. The van der Waals surface area contributed by atoms with E-state index in [1.807, 2.05) is 26.0 Å². The van der Waals surface area contributed by atoms with Gasteiger partial charge in [-0.05, 0) is 36.5 Å². The second-order valence-corrected chi connectivity index (χ2v) is 6.14. The van der Waals surface area contributed by atoms with E-state index < -0.39 is 0 Å². The van der Waals surface area contributed by atoms with Crippen LogP contribution in [0, 0.1) is 11.8 Å². The number of nitrogen functional groups attached to an aromatic ring is 1. The molecule has 0 aliphatic rings. The van der Waals surface area contributed by atoms with Crippen LogP contribution in [0.4, 0.5) is 5.69 Å². The number of nitrogens with two attached hydrogens (primary N) is 1. The zero-order valence-corrected chi connectivity index (χ0v) is 14.3. The highest BCUT2D eigenvalue weighted by Gasteiger charge is 2.03. The van der Waals surface area contributed by atoms with Crippen molar-refractivity contribution in [3.05, 3.63) is 29.8 Å². The smallest absolute Gasteiger partial charge is 0.222 e. The van der Waals surface area contributed by atoms with Crippen molar-refractivity contribution in [3.8, 4) is 0 Å². The summed E-state index contributed by atoms with van der Waals surface area (Å²) < 4.78 is 0. The maximum Gasteiger partial charge on any atom is 0.222 e. The first-order chi connectivity index (χ1) is 9.86. The molecule has 0 atom stereocenters. The molecule has 0 spiro atoms. The fourth-order valence-electron chi connectivity index (χ4n) is 1.72. The molecular weight excluding hydrogens is 272 g/mol. The maximum atomic E-state index is 10.9. The van der Waals surface area contributed by atoms with E-state index in [2.05, 4.69) is 38.2 Å². The summed E-state index contributed by atoms with van der Waals surface area (Å²) in [5.74, 6) is 1.00. The molecule has 1 aromatic rings. The number of unbranched alkanes of at least 4 members (excludes halogenated alkanes) is 1. The van der Waals surface area contributed by atoms with Crippen LogP contribution >= 0.6 is 0 Å². The molecule has 0 unspecified atom stereocenters. The molecule has 0 aliphatic heterocycles. The fraction of sp³-hybridized carbons (Fsp3) is 0.632. The number of hydrogen-bond donors (Lipinski definition) is 2. The van der Waals surface area contributed by atoms with E-state index in [0.29, 0.717) is 0 Å². The van der Waals surface area contributed by atoms with E-state index in [4.69, 9.17) is 5.73 Å². The predicted molar refractivity (Wildman–Crippen MR) is 98.9 cm³/mol. The van der Waals surface area contributed by atoms with Crippen LogP contribution in [0.3, 0.4) is 0 Å². The first-order valence-electron chi connectivity index (χ1n) is 7.98. The lowest BCUT2D eigenvalue weighted by Gasteiger charge is -2.05. The van der Waals surface area contributed by atoms with Crippen molar-refractivity contribution in [1.29, 1.82) is 0 Å². The highest BCUT2D eigenvalue weighted by atomic mass is 16.1. The lowest BCUT2D eigenvalue weighted by Crippen LogP contribution is -2.28. The highest BCUT2D eigenvalue weighted by molar-refractivity contribution is 5.77. The Kier molecular flexibility index (Phi) is 13.6. The molecule has 128 valence electrons. The molecule has 0 aliphatic carbocycles. The summed E-state index contributed by atoms with van der Waals surface area (Å²) in [6.45, 7) is 11.2. The first-order valence-corrected chi connectivity index (χ1v) is 7.98. The second kappa shape index (κ2) is 13.2. The monoisotopic (exact) mass is 308 g/mol. The molecule has 0 fully saturated rings. The molecule has 0 radical (unpaired) electrons. The number of benzene rings is 1. The molecule has 0 heterocycles. The average Bonchev–Trinajstić information content (AvgIpc) is 2.41. The molecule has 1 rings (SSSR count). The highest BCUT2D eigenvalue weighted by Crippen LogP contribution is 2.10. The van der Waals surface area contributed by atoms with Crippen LogP contribution in [-0.2, 0) is 11.2 Å². The van der Waals surface area contributed by atoms with Gasteiger partial charge in [-0.3, -0.25) is 4.79 Å². The Balaban J connectivity index is 0. The summed E-state index contributed by atoms with van der Waals surface area (Å²) in [4.78, 5) is 10.9.